The molecule has 11 nitrogen and oxygen atoms in total. The van der Waals surface area contributed by atoms with E-state index in [9.17, 15) is 19.2 Å². The van der Waals surface area contributed by atoms with Crippen molar-refractivity contribution in [2.45, 2.75) is 44.7 Å². The third-order valence-electron chi connectivity index (χ3n) is 8.93. The maximum atomic E-state index is 13.2. The van der Waals surface area contributed by atoms with Crippen LogP contribution in [0.5, 0.6) is 5.88 Å². The molecule has 2 aromatic heterocycles. The Morgan fingerprint density at radius 3 is 2.55 bits per heavy atom. The number of ether oxygens (including phenoxy) is 1. The van der Waals surface area contributed by atoms with Crippen molar-refractivity contribution < 1.29 is 14.3 Å². The number of halogens is 2. The number of amides is 2. The van der Waals surface area contributed by atoms with Crippen molar-refractivity contribution >= 4 is 40.7 Å². The largest absolute Gasteiger partial charge is 0.481 e. The number of benzene rings is 2. The van der Waals surface area contributed by atoms with E-state index in [-0.39, 0.29) is 23.6 Å². The Kier molecular flexibility index (Phi) is 8.97. The highest BCUT2D eigenvalue weighted by Crippen LogP contribution is 2.43. The monoisotopic (exact) mass is 676 g/mol. The Morgan fingerprint density at radius 1 is 1.06 bits per heavy atom. The molecule has 0 radical (unpaired) electrons. The smallest absolute Gasteiger partial charge is 0.330 e. The van der Waals surface area contributed by atoms with Gasteiger partial charge in [-0.15, -0.1) is 0 Å². The van der Waals surface area contributed by atoms with Gasteiger partial charge >= 0.3 is 5.69 Å². The number of hydrogen-bond donors (Lipinski definition) is 3. The molecule has 2 atom stereocenters. The number of nitrogens with one attached hydrogen (secondary N) is 3. The molecular weight excluding hydrogens is 643 g/mol. The van der Waals surface area contributed by atoms with Crippen LogP contribution >= 0.6 is 23.2 Å². The topological polar surface area (TPSA) is 136 Å². The molecular formula is C34H34Cl2N6O5. The standard InChI is InChI=1S/C34H34Cl2N6O5/c1-17-23(13-19(35)14-26(17)39-31(44)24-16-41(2)34(46)42(3)33(24)45)21-6-5-7-22(30(21)36)27-12-18-8-10-25(29(18)32(40-27)47-4)37-15-20-9-11-28(43)38-20/h5-7,12-14,16,20,25,37H,8-11,15H2,1-4H3,(H,38,43)(H,39,44). The van der Waals surface area contributed by atoms with Crippen molar-refractivity contribution in [2.24, 2.45) is 14.1 Å². The van der Waals surface area contributed by atoms with Gasteiger partial charge in [0.15, 0.2) is 0 Å². The molecule has 47 heavy (non-hydrogen) atoms. The first-order chi connectivity index (χ1) is 22.5. The summed E-state index contributed by atoms with van der Waals surface area (Å²) in [7, 11) is 4.39. The van der Waals surface area contributed by atoms with Gasteiger partial charge in [0, 0.05) is 72.7 Å². The minimum absolute atomic E-state index is 0.0597. The zero-order valence-electron chi connectivity index (χ0n) is 26.4. The number of carbonyl (C=O) groups excluding carboxylic acids is 2. The minimum atomic E-state index is -0.706. The van der Waals surface area contributed by atoms with E-state index in [4.69, 9.17) is 32.9 Å². The second-order valence-electron chi connectivity index (χ2n) is 11.9. The van der Waals surface area contributed by atoms with Gasteiger partial charge in [0.25, 0.3) is 11.5 Å². The molecule has 1 aliphatic heterocycles. The zero-order chi connectivity index (χ0) is 33.6. The van der Waals surface area contributed by atoms with Crippen molar-refractivity contribution in [1.29, 1.82) is 0 Å². The van der Waals surface area contributed by atoms with Crippen LogP contribution in [0.15, 0.2) is 52.2 Å². The number of carbonyl (C=O) groups is 2. The molecule has 3 N–H and O–H groups in total. The summed E-state index contributed by atoms with van der Waals surface area (Å²) in [5.74, 6) is -0.0561. The van der Waals surface area contributed by atoms with Crippen LogP contribution in [0, 0.1) is 6.92 Å². The highest BCUT2D eigenvalue weighted by molar-refractivity contribution is 6.36. The number of anilines is 1. The summed E-state index contributed by atoms with van der Waals surface area (Å²) in [6, 6.07) is 11.2. The normalized spacial score (nSPS) is 17.0. The summed E-state index contributed by atoms with van der Waals surface area (Å²) in [5, 5.41) is 10.2. The quantitative estimate of drug-likeness (QED) is 0.249. The zero-order valence-corrected chi connectivity index (χ0v) is 27.9. The summed E-state index contributed by atoms with van der Waals surface area (Å²) >= 11 is 13.6. The lowest BCUT2D eigenvalue weighted by atomic mass is 9.96. The van der Waals surface area contributed by atoms with E-state index < -0.39 is 17.2 Å². The van der Waals surface area contributed by atoms with Crippen molar-refractivity contribution in [1.82, 2.24) is 24.8 Å². The maximum absolute atomic E-state index is 13.2. The van der Waals surface area contributed by atoms with Gasteiger partial charge in [-0.2, -0.15) is 0 Å². The molecule has 244 valence electrons. The Balaban J connectivity index is 1.32. The van der Waals surface area contributed by atoms with Gasteiger partial charge in [0.05, 0.1) is 17.8 Å². The number of fused-ring (bicyclic) bond motifs is 1. The highest BCUT2D eigenvalue weighted by atomic mass is 35.5. The molecule has 1 saturated heterocycles. The molecule has 1 aliphatic carbocycles. The SMILES string of the molecule is COc1nc(-c2cccc(-c3cc(Cl)cc(NC(=O)c4cn(C)c(=O)n(C)c4=O)c3C)c2Cl)cc2c1C(NCC1CCC(=O)N1)CC2. The molecule has 6 rings (SSSR count). The van der Waals surface area contributed by atoms with Crippen LogP contribution in [0.4, 0.5) is 5.69 Å². The number of pyridine rings is 1. The lowest BCUT2D eigenvalue weighted by Crippen LogP contribution is -2.40. The molecule has 3 heterocycles. The first-order valence-electron chi connectivity index (χ1n) is 15.2. The van der Waals surface area contributed by atoms with E-state index in [1.165, 1.54) is 24.9 Å². The molecule has 1 fully saturated rings. The summed E-state index contributed by atoms with van der Waals surface area (Å²) in [6.07, 6.45) is 4.32. The number of methoxy groups -OCH3 is 1. The lowest BCUT2D eigenvalue weighted by molar-refractivity contribution is -0.119. The third-order valence-corrected chi connectivity index (χ3v) is 9.55. The van der Waals surface area contributed by atoms with Crippen molar-refractivity contribution in [3.05, 3.63) is 95.7 Å². The van der Waals surface area contributed by atoms with Gasteiger partial charge in [0.2, 0.25) is 11.8 Å². The molecule has 4 aromatic rings. The predicted molar refractivity (Wildman–Crippen MR) is 182 cm³/mol. The molecule has 0 saturated carbocycles. The van der Waals surface area contributed by atoms with Gasteiger partial charge in [-0.25, -0.2) is 9.78 Å². The summed E-state index contributed by atoms with van der Waals surface area (Å²) in [5.41, 5.74) is 4.51. The van der Waals surface area contributed by atoms with Crippen molar-refractivity contribution in [3.8, 4) is 28.3 Å². The van der Waals surface area contributed by atoms with Crippen LogP contribution in [0.3, 0.4) is 0 Å². The summed E-state index contributed by atoms with van der Waals surface area (Å²) in [6.45, 7) is 2.50. The fraction of sp³-hybridized carbons (Fsp3) is 0.324. The molecule has 13 heteroatoms. The second-order valence-corrected chi connectivity index (χ2v) is 12.8. The molecule has 2 aliphatic rings. The number of rotatable bonds is 8. The van der Waals surface area contributed by atoms with Crippen LogP contribution < -0.4 is 31.9 Å². The predicted octanol–water partition coefficient (Wildman–Crippen LogP) is 4.54. The molecule has 2 amide bonds. The molecule has 2 aromatic carbocycles. The number of aryl methyl sites for hydroxylation is 2. The fourth-order valence-electron chi connectivity index (χ4n) is 6.40. The van der Waals surface area contributed by atoms with Crippen LogP contribution in [0.1, 0.15) is 52.4 Å². The molecule has 0 bridgehead atoms. The average Bonchev–Trinajstić information content (AvgIpc) is 3.67. The van der Waals surface area contributed by atoms with Crippen LogP contribution in [-0.2, 0) is 25.3 Å². The first-order valence-corrected chi connectivity index (χ1v) is 16.0. The first kappa shape index (κ1) is 32.5. The third kappa shape index (κ3) is 6.18. The molecule has 0 spiro atoms. The van der Waals surface area contributed by atoms with Gasteiger partial charge in [0.1, 0.15) is 5.56 Å². The van der Waals surface area contributed by atoms with Gasteiger partial charge in [-0.3, -0.25) is 19.0 Å². The van der Waals surface area contributed by atoms with Crippen LogP contribution in [0.25, 0.3) is 22.4 Å². The van der Waals surface area contributed by atoms with E-state index >= 15 is 0 Å². The van der Waals surface area contributed by atoms with E-state index in [1.807, 2.05) is 31.2 Å². The minimum Gasteiger partial charge on any atom is -0.481 e. The van der Waals surface area contributed by atoms with Crippen LogP contribution in [-0.4, -0.2) is 45.6 Å². The van der Waals surface area contributed by atoms with Crippen molar-refractivity contribution in [3.63, 3.8) is 0 Å². The Labute approximate surface area is 280 Å². The number of nitrogens with zero attached hydrogens (tertiary/aromatic N) is 3. The van der Waals surface area contributed by atoms with Gasteiger partial charge < -0.3 is 25.3 Å². The Morgan fingerprint density at radius 2 is 1.83 bits per heavy atom. The average molecular weight is 678 g/mol. The Bertz CT molecular complexity index is 2060. The van der Waals surface area contributed by atoms with Crippen LogP contribution in [0.2, 0.25) is 10.0 Å². The Hall–Kier alpha value is -4.45. The van der Waals surface area contributed by atoms with Gasteiger partial charge in [-0.1, -0.05) is 41.4 Å². The summed E-state index contributed by atoms with van der Waals surface area (Å²) in [4.78, 5) is 54.5. The number of aromatic nitrogens is 3. The fourth-order valence-corrected chi connectivity index (χ4v) is 6.94. The maximum Gasteiger partial charge on any atom is 0.330 e. The lowest BCUT2D eigenvalue weighted by Gasteiger charge is -2.20. The van der Waals surface area contributed by atoms with Gasteiger partial charge in [-0.05, 0) is 61.1 Å². The summed E-state index contributed by atoms with van der Waals surface area (Å²) < 4.78 is 7.84. The van der Waals surface area contributed by atoms with E-state index in [0.717, 1.165) is 35.0 Å². The molecule has 2 unspecified atom stereocenters. The van der Waals surface area contributed by atoms with E-state index in [2.05, 4.69) is 16.0 Å². The van der Waals surface area contributed by atoms with E-state index in [0.29, 0.717) is 62.5 Å². The highest BCUT2D eigenvalue weighted by Gasteiger charge is 2.30. The number of hydrogen-bond acceptors (Lipinski definition) is 7. The second kappa shape index (κ2) is 13.0. The van der Waals surface area contributed by atoms with E-state index in [1.54, 1.807) is 19.2 Å². The van der Waals surface area contributed by atoms with Crippen molar-refractivity contribution in [2.75, 3.05) is 19.0 Å².